The van der Waals surface area contributed by atoms with Crippen molar-refractivity contribution in [1.29, 1.82) is 0 Å². The molecule has 0 spiro atoms. The largest absolute Gasteiger partial charge is 0.394 e. The molecule has 4 heteroatoms. The summed E-state index contributed by atoms with van der Waals surface area (Å²) in [7, 11) is 4.16. The molecular weight excluding hydrogens is 226 g/mol. The molecule has 3 rings (SSSR count). The lowest BCUT2D eigenvalue weighted by molar-refractivity contribution is 0.268. The third-order valence-electron chi connectivity index (χ3n) is 3.82. The van der Waals surface area contributed by atoms with Crippen LogP contribution in [-0.4, -0.2) is 28.2 Å². The summed E-state index contributed by atoms with van der Waals surface area (Å²) in [6, 6.07) is 4.19. The lowest BCUT2D eigenvalue weighted by Gasteiger charge is -2.07. The summed E-state index contributed by atoms with van der Waals surface area (Å²) in [5, 5.41) is 10.4. The van der Waals surface area contributed by atoms with Crippen LogP contribution in [0.15, 0.2) is 18.3 Å². The molecule has 1 aliphatic heterocycles. The Morgan fingerprint density at radius 3 is 2.61 bits per heavy atom. The van der Waals surface area contributed by atoms with Gasteiger partial charge in [0.05, 0.1) is 12.6 Å². The average Bonchev–Trinajstić information content (AvgIpc) is 2.85. The molecule has 4 nitrogen and oxygen atoms in total. The zero-order valence-electron chi connectivity index (χ0n) is 10.8. The van der Waals surface area contributed by atoms with Gasteiger partial charge in [-0.1, -0.05) is 0 Å². The van der Waals surface area contributed by atoms with Gasteiger partial charge in [0.1, 0.15) is 0 Å². The van der Waals surface area contributed by atoms with E-state index in [0.29, 0.717) is 0 Å². The summed E-state index contributed by atoms with van der Waals surface area (Å²) < 4.78 is 2.10. The molecule has 96 valence electrons. The van der Waals surface area contributed by atoms with Crippen molar-refractivity contribution >= 4 is 10.9 Å². The van der Waals surface area contributed by atoms with Crippen molar-refractivity contribution in [3.63, 3.8) is 0 Å². The normalized spacial score (nSPS) is 17.3. The first-order valence-electron chi connectivity index (χ1n) is 6.26. The molecule has 0 bridgehead atoms. The van der Waals surface area contributed by atoms with Gasteiger partial charge < -0.3 is 15.4 Å². The van der Waals surface area contributed by atoms with Gasteiger partial charge in [0.2, 0.25) is 0 Å². The number of benzene rings is 1. The lowest BCUT2D eigenvalue weighted by atomic mass is 10.0. The number of aliphatic hydroxyl groups excluding tert-OH is 1. The number of fused-ring (bicyclic) bond motifs is 2. The van der Waals surface area contributed by atoms with E-state index < -0.39 is 0 Å². The second kappa shape index (κ2) is 4.09. The Morgan fingerprint density at radius 2 is 1.94 bits per heavy atom. The smallest absolute Gasteiger partial charge is 0.0625 e. The van der Waals surface area contributed by atoms with Gasteiger partial charge in [-0.3, -0.25) is 4.90 Å². The standard InChI is InChI=1S/C14H19N3O/c1-16-5-9-3-11-12(13(15)8-18)7-17(2)14(11)4-10(9)6-16/h3-4,7,13,18H,5-6,8,15H2,1-2H3. The van der Waals surface area contributed by atoms with Crippen LogP contribution in [0.2, 0.25) is 0 Å². The monoisotopic (exact) mass is 245 g/mol. The lowest BCUT2D eigenvalue weighted by Crippen LogP contribution is -2.13. The highest BCUT2D eigenvalue weighted by molar-refractivity contribution is 5.86. The van der Waals surface area contributed by atoms with Crippen LogP contribution in [0.25, 0.3) is 10.9 Å². The van der Waals surface area contributed by atoms with E-state index in [4.69, 9.17) is 5.73 Å². The maximum atomic E-state index is 9.25. The van der Waals surface area contributed by atoms with E-state index in [0.717, 1.165) is 18.7 Å². The summed E-state index contributed by atoms with van der Waals surface area (Å²) >= 11 is 0. The Morgan fingerprint density at radius 1 is 1.28 bits per heavy atom. The van der Waals surface area contributed by atoms with E-state index in [1.165, 1.54) is 22.0 Å². The Balaban J connectivity index is 2.21. The molecule has 1 aromatic carbocycles. The average molecular weight is 245 g/mol. The molecular formula is C14H19N3O. The van der Waals surface area contributed by atoms with E-state index in [1.54, 1.807) is 0 Å². The number of nitrogens with two attached hydrogens (primary N) is 1. The van der Waals surface area contributed by atoms with Crippen molar-refractivity contribution < 1.29 is 5.11 Å². The van der Waals surface area contributed by atoms with E-state index in [9.17, 15) is 5.11 Å². The summed E-state index contributed by atoms with van der Waals surface area (Å²) in [4.78, 5) is 2.30. The zero-order valence-corrected chi connectivity index (χ0v) is 10.8. The first-order valence-corrected chi connectivity index (χ1v) is 6.26. The van der Waals surface area contributed by atoms with Gasteiger partial charge in [-0.05, 0) is 35.9 Å². The van der Waals surface area contributed by atoms with Gasteiger partial charge in [-0.15, -0.1) is 0 Å². The zero-order chi connectivity index (χ0) is 12.9. The SMILES string of the molecule is CN1Cc2cc3c(C(N)CO)cn(C)c3cc2C1. The number of hydrogen-bond acceptors (Lipinski definition) is 3. The van der Waals surface area contributed by atoms with Crippen LogP contribution < -0.4 is 5.73 Å². The molecule has 0 saturated carbocycles. The first kappa shape index (κ1) is 11.7. The molecule has 0 fully saturated rings. The molecule has 0 amide bonds. The maximum absolute atomic E-state index is 9.25. The van der Waals surface area contributed by atoms with Crippen LogP contribution in [0.1, 0.15) is 22.7 Å². The van der Waals surface area contributed by atoms with Gasteiger partial charge >= 0.3 is 0 Å². The van der Waals surface area contributed by atoms with Crippen molar-refractivity contribution in [1.82, 2.24) is 9.47 Å². The van der Waals surface area contributed by atoms with Gasteiger partial charge in [0.15, 0.2) is 0 Å². The van der Waals surface area contributed by atoms with Crippen LogP contribution in [0.4, 0.5) is 0 Å². The molecule has 0 aliphatic carbocycles. The third-order valence-corrected chi connectivity index (χ3v) is 3.82. The van der Waals surface area contributed by atoms with E-state index in [1.807, 2.05) is 13.2 Å². The first-order chi connectivity index (χ1) is 8.60. The van der Waals surface area contributed by atoms with Crippen molar-refractivity contribution in [2.75, 3.05) is 13.7 Å². The van der Waals surface area contributed by atoms with Crippen LogP contribution >= 0.6 is 0 Å². The quantitative estimate of drug-likeness (QED) is 0.833. The Hall–Kier alpha value is -1.36. The minimum atomic E-state index is -0.300. The second-order valence-corrected chi connectivity index (χ2v) is 5.29. The van der Waals surface area contributed by atoms with Gasteiger partial charge in [-0.25, -0.2) is 0 Å². The predicted octanol–water partition coefficient (Wildman–Crippen LogP) is 1.12. The topological polar surface area (TPSA) is 54.4 Å². The fourth-order valence-electron chi connectivity index (χ4n) is 2.87. The van der Waals surface area contributed by atoms with Crippen LogP contribution in [0.5, 0.6) is 0 Å². The number of rotatable bonds is 2. The fraction of sp³-hybridized carbons (Fsp3) is 0.429. The second-order valence-electron chi connectivity index (χ2n) is 5.29. The molecule has 1 unspecified atom stereocenters. The summed E-state index contributed by atoms with van der Waals surface area (Å²) in [6.45, 7) is 1.99. The molecule has 2 aromatic rings. The highest BCUT2D eigenvalue weighted by atomic mass is 16.3. The van der Waals surface area contributed by atoms with Crippen LogP contribution in [-0.2, 0) is 20.1 Å². The highest BCUT2D eigenvalue weighted by Gasteiger charge is 2.20. The van der Waals surface area contributed by atoms with Gasteiger partial charge in [0.25, 0.3) is 0 Å². The van der Waals surface area contributed by atoms with E-state index in [2.05, 4.69) is 28.6 Å². The minimum Gasteiger partial charge on any atom is -0.394 e. The van der Waals surface area contributed by atoms with Crippen molar-refractivity contribution in [3.8, 4) is 0 Å². The number of hydrogen-bond donors (Lipinski definition) is 2. The van der Waals surface area contributed by atoms with Gasteiger partial charge in [-0.2, -0.15) is 0 Å². The molecule has 3 N–H and O–H groups in total. The van der Waals surface area contributed by atoms with Crippen molar-refractivity contribution in [2.45, 2.75) is 19.1 Å². The highest BCUT2D eigenvalue weighted by Crippen LogP contribution is 2.31. The molecule has 18 heavy (non-hydrogen) atoms. The predicted molar refractivity (Wildman–Crippen MR) is 72.1 cm³/mol. The minimum absolute atomic E-state index is 0.0178. The molecule has 1 aromatic heterocycles. The Bertz CT molecular complexity index is 603. The van der Waals surface area contributed by atoms with Crippen molar-refractivity contribution in [3.05, 3.63) is 35.0 Å². The third kappa shape index (κ3) is 1.65. The number of aryl methyl sites for hydroxylation is 1. The number of aliphatic hydroxyl groups is 1. The summed E-state index contributed by atoms with van der Waals surface area (Å²) in [5.74, 6) is 0. The number of aromatic nitrogens is 1. The molecule has 2 heterocycles. The summed E-state index contributed by atoms with van der Waals surface area (Å²) in [6.07, 6.45) is 2.03. The fourth-order valence-corrected chi connectivity index (χ4v) is 2.87. The maximum Gasteiger partial charge on any atom is 0.0625 e. The summed E-state index contributed by atoms with van der Waals surface area (Å²) in [5.41, 5.74) is 11.0. The van der Waals surface area contributed by atoms with E-state index >= 15 is 0 Å². The molecule has 1 aliphatic rings. The van der Waals surface area contributed by atoms with Gasteiger partial charge in [0, 0.05) is 37.2 Å². The molecule has 0 saturated heterocycles. The Labute approximate surface area is 107 Å². The van der Waals surface area contributed by atoms with Crippen molar-refractivity contribution in [2.24, 2.45) is 12.8 Å². The molecule has 1 atom stereocenters. The number of nitrogens with zero attached hydrogens (tertiary/aromatic N) is 2. The Kier molecular flexibility index (Phi) is 2.66. The molecule has 0 radical (unpaired) electrons. The van der Waals surface area contributed by atoms with E-state index in [-0.39, 0.29) is 12.6 Å². The van der Waals surface area contributed by atoms with Crippen LogP contribution in [0.3, 0.4) is 0 Å². The van der Waals surface area contributed by atoms with Crippen LogP contribution in [0, 0.1) is 0 Å².